The quantitative estimate of drug-likeness (QED) is 0.467. The third-order valence-electron chi connectivity index (χ3n) is 5.51. The smallest absolute Gasteiger partial charge is 0.168 e. The second-order valence-electron chi connectivity index (χ2n) is 8.06. The summed E-state index contributed by atoms with van der Waals surface area (Å²) in [4.78, 5) is 13.9. The van der Waals surface area contributed by atoms with Crippen LogP contribution in [0, 0.1) is 18.7 Å². The van der Waals surface area contributed by atoms with E-state index < -0.39 is 0 Å². The fourth-order valence-corrected chi connectivity index (χ4v) is 3.86. The number of carbonyl (C=O) groups excluding carboxylic acids is 1. The van der Waals surface area contributed by atoms with Crippen LogP contribution in [-0.4, -0.2) is 44.0 Å². The van der Waals surface area contributed by atoms with E-state index in [4.69, 9.17) is 4.74 Å². The van der Waals surface area contributed by atoms with E-state index in [1.165, 1.54) is 17.7 Å². The minimum atomic E-state index is -0.244. The zero-order chi connectivity index (χ0) is 23.3. The van der Waals surface area contributed by atoms with Gasteiger partial charge in [-0.15, -0.1) is 0 Å². The summed E-state index contributed by atoms with van der Waals surface area (Å²) in [5.41, 5.74) is 2.26. The molecule has 3 rings (SSSR count). The van der Waals surface area contributed by atoms with Gasteiger partial charge in [-0.2, -0.15) is 0 Å². The molecule has 0 bridgehead atoms. The van der Waals surface area contributed by atoms with Gasteiger partial charge in [0.05, 0.1) is 11.1 Å². The zero-order valence-corrected chi connectivity index (χ0v) is 20.8. The fraction of sp³-hybridized carbons (Fsp3) is 0.423. The number of nitrogens with one attached hydrogen (secondary N) is 1. The van der Waals surface area contributed by atoms with Crippen LogP contribution in [0.3, 0.4) is 0 Å². The van der Waals surface area contributed by atoms with Crippen LogP contribution in [0.15, 0.2) is 64.8 Å². The second-order valence-corrected chi connectivity index (χ2v) is 8.86. The highest BCUT2D eigenvalue weighted by molar-refractivity contribution is 9.12. The third-order valence-corrected chi connectivity index (χ3v) is 6.55. The topological polar surface area (TPSA) is 41.6 Å². The van der Waals surface area contributed by atoms with Crippen LogP contribution >= 0.6 is 15.9 Å². The lowest BCUT2D eigenvalue weighted by Crippen LogP contribution is -2.37. The van der Waals surface area contributed by atoms with Gasteiger partial charge in [-0.1, -0.05) is 35.9 Å². The SMILES string of the molecule is CN/C(CN1CCC(CCOc2ccc(F)cc2)CC1)=C(/Br)C(C)=O.Cc1ccccc1. The standard InChI is InChI=1S/C19H26BrFN2O2.C7H8/c1-14(24)19(20)18(22-2)13-23-10-7-15(8-11-23)9-12-25-17-5-3-16(21)4-6-17;1-7-5-3-2-4-6-7/h3-6,15,22H,7-13H2,1-2H3;2-6H,1H3/b19-18+;. The Morgan fingerprint density at radius 3 is 2.25 bits per heavy atom. The number of Topliss-reactive ketones (excluding diaryl/α,β-unsaturated/α-hetero) is 1. The predicted molar refractivity (Wildman–Crippen MR) is 133 cm³/mol. The van der Waals surface area contributed by atoms with Gasteiger partial charge in [0.25, 0.3) is 0 Å². The van der Waals surface area contributed by atoms with Gasteiger partial charge in [-0.3, -0.25) is 9.69 Å². The molecule has 0 unspecified atom stereocenters. The molecular weight excluding hydrogens is 471 g/mol. The van der Waals surface area contributed by atoms with E-state index in [9.17, 15) is 9.18 Å². The van der Waals surface area contributed by atoms with Crippen LogP contribution in [0.2, 0.25) is 0 Å². The molecule has 174 valence electrons. The molecule has 0 spiro atoms. The molecule has 32 heavy (non-hydrogen) atoms. The molecule has 2 aromatic rings. The average Bonchev–Trinajstić information content (AvgIpc) is 2.80. The van der Waals surface area contributed by atoms with Crippen molar-refractivity contribution in [2.24, 2.45) is 5.92 Å². The molecule has 1 aliphatic rings. The molecule has 1 heterocycles. The van der Waals surface area contributed by atoms with Crippen molar-refractivity contribution in [2.75, 3.05) is 33.3 Å². The number of benzene rings is 2. The highest BCUT2D eigenvalue weighted by Gasteiger charge is 2.21. The minimum absolute atomic E-state index is 0.0391. The number of likely N-dealkylation sites (N-methyl/N-ethyl adjacent to an activating group) is 1. The van der Waals surface area contributed by atoms with E-state index in [2.05, 4.69) is 45.2 Å². The molecular formula is C26H34BrFN2O2. The predicted octanol–water partition coefficient (Wildman–Crippen LogP) is 5.72. The van der Waals surface area contributed by atoms with Gasteiger partial charge in [-0.05, 0) is 92.3 Å². The molecule has 1 fully saturated rings. The Labute approximate surface area is 200 Å². The van der Waals surface area contributed by atoms with Gasteiger partial charge in [0.15, 0.2) is 5.78 Å². The Hall–Kier alpha value is -2.18. The normalized spacial score (nSPS) is 15.3. The molecule has 0 atom stereocenters. The van der Waals surface area contributed by atoms with Crippen molar-refractivity contribution in [1.29, 1.82) is 0 Å². The summed E-state index contributed by atoms with van der Waals surface area (Å²) in [6, 6.07) is 16.4. The van der Waals surface area contributed by atoms with Gasteiger partial charge in [-0.25, -0.2) is 4.39 Å². The van der Waals surface area contributed by atoms with Gasteiger partial charge >= 0.3 is 0 Å². The van der Waals surface area contributed by atoms with Crippen molar-refractivity contribution in [1.82, 2.24) is 10.2 Å². The number of nitrogens with zero attached hydrogens (tertiary/aromatic N) is 1. The van der Waals surface area contributed by atoms with Crippen molar-refractivity contribution >= 4 is 21.7 Å². The number of piperidine rings is 1. The van der Waals surface area contributed by atoms with E-state index in [0.29, 0.717) is 17.0 Å². The van der Waals surface area contributed by atoms with Crippen LogP contribution in [0.1, 0.15) is 31.7 Å². The summed E-state index contributed by atoms with van der Waals surface area (Å²) in [6.45, 7) is 7.10. The van der Waals surface area contributed by atoms with Crippen molar-refractivity contribution in [3.05, 3.63) is 76.2 Å². The highest BCUT2D eigenvalue weighted by Crippen LogP contribution is 2.23. The molecule has 0 amide bonds. The number of halogens is 2. The van der Waals surface area contributed by atoms with E-state index in [0.717, 1.165) is 50.3 Å². The molecule has 0 aromatic heterocycles. The summed E-state index contributed by atoms with van der Waals surface area (Å²) in [6.07, 6.45) is 3.26. The molecule has 6 heteroatoms. The van der Waals surface area contributed by atoms with Crippen LogP contribution in [0.4, 0.5) is 4.39 Å². The van der Waals surface area contributed by atoms with Gasteiger partial charge in [0, 0.05) is 19.3 Å². The Morgan fingerprint density at radius 2 is 1.75 bits per heavy atom. The van der Waals surface area contributed by atoms with Crippen molar-refractivity contribution in [2.45, 2.75) is 33.1 Å². The number of likely N-dealkylation sites (tertiary alicyclic amines) is 1. The maximum atomic E-state index is 12.9. The molecule has 0 radical (unpaired) electrons. The monoisotopic (exact) mass is 504 g/mol. The number of rotatable bonds is 8. The Kier molecular flexibility index (Phi) is 11.5. The van der Waals surface area contributed by atoms with Crippen LogP contribution in [0.5, 0.6) is 5.75 Å². The number of hydrogen-bond acceptors (Lipinski definition) is 4. The third kappa shape index (κ3) is 9.53. The first-order valence-corrected chi connectivity index (χ1v) is 11.9. The highest BCUT2D eigenvalue weighted by atomic mass is 79.9. The first-order chi connectivity index (χ1) is 15.4. The lowest BCUT2D eigenvalue weighted by atomic mass is 9.94. The van der Waals surface area contributed by atoms with Crippen LogP contribution in [0.25, 0.3) is 0 Å². The molecule has 1 aliphatic heterocycles. The molecule has 2 aromatic carbocycles. The van der Waals surface area contributed by atoms with Crippen LogP contribution < -0.4 is 10.1 Å². The van der Waals surface area contributed by atoms with Gasteiger partial charge in [0.1, 0.15) is 11.6 Å². The zero-order valence-electron chi connectivity index (χ0n) is 19.2. The maximum absolute atomic E-state index is 12.9. The first-order valence-electron chi connectivity index (χ1n) is 11.1. The minimum Gasteiger partial charge on any atom is -0.494 e. The van der Waals surface area contributed by atoms with E-state index >= 15 is 0 Å². The van der Waals surface area contributed by atoms with Gasteiger partial charge in [0.2, 0.25) is 0 Å². The number of carbonyl (C=O) groups is 1. The first kappa shape index (κ1) is 26.1. The summed E-state index contributed by atoms with van der Waals surface area (Å²) in [5, 5.41) is 3.12. The van der Waals surface area contributed by atoms with E-state index in [1.54, 1.807) is 19.1 Å². The summed E-state index contributed by atoms with van der Waals surface area (Å²) < 4.78 is 19.2. The number of ketones is 1. The molecule has 1 saturated heterocycles. The maximum Gasteiger partial charge on any atom is 0.168 e. The molecule has 1 N–H and O–H groups in total. The molecule has 0 saturated carbocycles. The Bertz CT molecular complexity index is 848. The lowest BCUT2D eigenvalue weighted by Gasteiger charge is -2.32. The number of hydrogen-bond donors (Lipinski definition) is 1. The van der Waals surface area contributed by atoms with Gasteiger partial charge < -0.3 is 10.1 Å². The summed E-state index contributed by atoms with van der Waals surface area (Å²) >= 11 is 3.37. The number of ether oxygens (including phenoxy) is 1. The number of aryl methyl sites for hydroxylation is 1. The largest absolute Gasteiger partial charge is 0.494 e. The van der Waals surface area contributed by atoms with Crippen molar-refractivity contribution in [3.8, 4) is 5.75 Å². The van der Waals surface area contributed by atoms with Crippen LogP contribution in [-0.2, 0) is 4.79 Å². The Balaban J connectivity index is 0.000000439. The molecule has 4 nitrogen and oxygen atoms in total. The fourth-order valence-electron chi connectivity index (χ4n) is 3.54. The van der Waals surface area contributed by atoms with Crippen molar-refractivity contribution in [3.63, 3.8) is 0 Å². The summed E-state index contributed by atoms with van der Waals surface area (Å²) in [5.74, 6) is 1.16. The molecule has 0 aliphatic carbocycles. The summed E-state index contributed by atoms with van der Waals surface area (Å²) in [7, 11) is 1.85. The van der Waals surface area contributed by atoms with E-state index in [1.807, 2.05) is 25.2 Å². The Morgan fingerprint density at radius 1 is 1.12 bits per heavy atom. The van der Waals surface area contributed by atoms with E-state index in [-0.39, 0.29) is 11.6 Å². The van der Waals surface area contributed by atoms with Crippen molar-refractivity contribution < 1.29 is 13.9 Å². The lowest BCUT2D eigenvalue weighted by molar-refractivity contribution is -0.113. The average molecular weight is 505 g/mol. The number of allylic oxidation sites excluding steroid dienone is 1. The second kappa shape index (κ2) is 14.1.